The molecule has 45 heavy (non-hydrogen) atoms. The smallest absolute Gasteiger partial charge is 0.313 e. The first kappa shape index (κ1) is 34.8. The van der Waals surface area contributed by atoms with Crippen LogP contribution in [0.5, 0.6) is 0 Å². The Morgan fingerprint density at radius 2 is 1.93 bits per heavy atom. The number of nitrogens with zero attached hydrogens (tertiary/aromatic N) is 2. The van der Waals surface area contributed by atoms with Crippen LogP contribution in [0.3, 0.4) is 0 Å². The van der Waals surface area contributed by atoms with Crippen molar-refractivity contribution < 1.29 is 33.8 Å². The molecule has 0 aliphatic carbocycles. The minimum absolute atomic E-state index is 0.0462. The van der Waals surface area contributed by atoms with Crippen LogP contribution < -0.4 is 5.32 Å². The highest BCUT2D eigenvalue weighted by molar-refractivity contribution is 9.09. The molecular weight excluding hydrogens is 642 g/mol. The van der Waals surface area contributed by atoms with Gasteiger partial charge in [0.15, 0.2) is 0 Å². The zero-order valence-electron chi connectivity index (χ0n) is 26.2. The van der Waals surface area contributed by atoms with Gasteiger partial charge in [-0.25, -0.2) is 0 Å². The van der Waals surface area contributed by atoms with Gasteiger partial charge in [-0.15, -0.1) is 13.2 Å². The van der Waals surface area contributed by atoms with Gasteiger partial charge in [-0.05, 0) is 51.5 Å². The van der Waals surface area contributed by atoms with E-state index in [1.54, 1.807) is 22.0 Å². The molecule has 1 aromatic rings. The van der Waals surface area contributed by atoms with E-state index in [1.165, 1.54) is 0 Å². The van der Waals surface area contributed by atoms with Gasteiger partial charge in [0.05, 0.1) is 24.5 Å². The van der Waals surface area contributed by atoms with Crippen molar-refractivity contribution in [2.45, 2.75) is 87.1 Å². The monoisotopic (exact) mass is 687 g/mol. The van der Waals surface area contributed by atoms with E-state index in [4.69, 9.17) is 9.47 Å². The fraction of sp³-hybridized carbons (Fsp3) is 0.588. The highest BCUT2D eigenvalue weighted by atomic mass is 79.9. The van der Waals surface area contributed by atoms with E-state index < -0.39 is 41.7 Å². The summed E-state index contributed by atoms with van der Waals surface area (Å²) >= 11 is 3.71. The molecule has 10 nitrogen and oxygen atoms in total. The van der Waals surface area contributed by atoms with E-state index >= 15 is 0 Å². The minimum atomic E-state index is -1.21. The van der Waals surface area contributed by atoms with Gasteiger partial charge < -0.3 is 29.7 Å². The van der Waals surface area contributed by atoms with Gasteiger partial charge in [-0.1, -0.05) is 58.4 Å². The minimum Gasteiger partial charge on any atom is -0.455 e. The number of aliphatic hydroxyl groups is 1. The van der Waals surface area contributed by atoms with Crippen LogP contribution >= 0.6 is 15.9 Å². The Labute approximate surface area is 274 Å². The highest BCUT2D eigenvalue weighted by Gasteiger charge is 2.77. The molecule has 4 rings (SSSR count). The fourth-order valence-electron chi connectivity index (χ4n) is 6.98. The summed E-state index contributed by atoms with van der Waals surface area (Å²) in [5.74, 6) is -3.15. The second kappa shape index (κ2) is 15.5. The van der Waals surface area contributed by atoms with Gasteiger partial charge in [0.25, 0.3) is 0 Å². The number of aliphatic hydroxyl groups excluding tert-OH is 1. The first-order valence-electron chi connectivity index (χ1n) is 15.9. The van der Waals surface area contributed by atoms with Crippen LogP contribution in [0.2, 0.25) is 0 Å². The number of fused-ring (bicyclic) bond motifs is 1. The molecule has 3 aliphatic rings. The van der Waals surface area contributed by atoms with Crippen molar-refractivity contribution in [2.75, 3.05) is 26.2 Å². The Morgan fingerprint density at radius 3 is 2.58 bits per heavy atom. The van der Waals surface area contributed by atoms with Gasteiger partial charge in [0.2, 0.25) is 17.7 Å². The number of unbranched alkanes of at least 4 members (excludes halogenated alkanes) is 2. The number of alkyl halides is 1. The van der Waals surface area contributed by atoms with Crippen molar-refractivity contribution in [3.05, 3.63) is 61.2 Å². The molecule has 0 aromatic heterocycles. The van der Waals surface area contributed by atoms with E-state index in [1.807, 2.05) is 44.2 Å². The number of hydrogen-bond donors (Lipinski definition) is 2. The molecule has 0 radical (unpaired) electrons. The van der Waals surface area contributed by atoms with Gasteiger partial charge in [0.1, 0.15) is 17.7 Å². The number of allylic oxidation sites excluding steroid dienone is 1. The van der Waals surface area contributed by atoms with Crippen LogP contribution in [0.1, 0.15) is 64.0 Å². The van der Waals surface area contributed by atoms with E-state index in [0.29, 0.717) is 50.8 Å². The third-order valence-corrected chi connectivity index (χ3v) is 9.92. The van der Waals surface area contributed by atoms with E-state index in [0.717, 1.165) is 0 Å². The number of hydrogen-bond acceptors (Lipinski definition) is 7. The van der Waals surface area contributed by atoms with E-state index in [2.05, 4.69) is 34.4 Å². The van der Waals surface area contributed by atoms with Crippen molar-refractivity contribution in [3.63, 3.8) is 0 Å². The predicted molar refractivity (Wildman–Crippen MR) is 173 cm³/mol. The van der Waals surface area contributed by atoms with Crippen molar-refractivity contribution in [1.29, 1.82) is 0 Å². The molecule has 11 heteroatoms. The standard InChI is InChI=1S/C34H46BrN3O7/c1-5-7-16-26(40)36-21-25(23-14-10-8-11-15-23)44-33(43)27-28-31(41)38(18-12-9-13-19-39)30(32(42)37(17-6-2)22(3)4)34(28)20-24(35)29(27)45-34/h5-6,8,10-11,14-15,22,24-25,27-30,39H,1-2,7,9,12-13,16-21H2,3-4H3,(H,36,40)/t24?,25-,27-,28+,29-,30-,34+/m0/s1. The molecule has 1 aromatic carbocycles. The van der Waals surface area contributed by atoms with Crippen LogP contribution in [0, 0.1) is 11.8 Å². The normalized spacial score (nSPS) is 27.3. The molecular formula is C34H46BrN3O7. The first-order chi connectivity index (χ1) is 21.6. The average Bonchev–Trinajstić information content (AvgIpc) is 3.62. The molecule has 246 valence electrons. The maximum absolute atomic E-state index is 14.3. The highest BCUT2D eigenvalue weighted by Crippen LogP contribution is 2.60. The zero-order chi connectivity index (χ0) is 32.7. The number of carbonyl (C=O) groups excluding carboxylic acids is 4. The summed E-state index contributed by atoms with van der Waals surface area (Å²) in [5, 5.41) is 12.1. The predicted octanol–water partition coefficient (Wildman–Crippen LogP) is 3.69. The molecule has 7 atom stereocenters. The van der Waals surface area contributed by atoms with Crippen LogP contribution in [0.4, 0.5) is 0 Å². The van der Waals surface area contributed by atoms with E-state index in [9.17, 15) is 24.3 Å². The third kappa shape index (κ3) is 7.20. The Kier molecular flexibility index (Phi) is 12.0. The van der Waals surface area contributed by atoms with Gasteiger partial charge in [-0.3, -0.25) is 19.2 Å². The molecule has 1 unspecified atom stereocenters. The number of halogens is 1. The number of ether oxygens (including phenoxy) is 2. The van der Waals surface area contributed by atoms with Crippen molar-refractivity contribution >= 4 is 39.6 Å². The number of nitrogens with one attached hydrogen (secondary N) is 1. The largest absolute Gasteiger partial charge is 0.455 e. The number of amides is 3. The Balaban J connectivity index is 1.65. The summed E-state index contributed by atoms with van der Waals surface area (Å²) in [4.78, 5) is 58.2. The summed E-state index contributed by atoms with van der Waals surface area (Å²) in [6.07, 6.45) is 4.94. The van der Waals surface area contributed by atoms with Gasteiger partial charge >= 0.3 is 5.97 Å². The second-order valence-corrected chi connectivity index (χ2v) is 13.5. The van der Waals surface area contributed by atoms with E-state index in [-0.39, 0.29) is 48.2 Å². The summed E-state index contributed by atoms with van der Waals surface area (Å²) < 4.78 is 12.7. The molecule has 3 heterocycles. The van der Waals surface area contributed by atoms with Crippen molar-refractivity contribution in [1.82, 2.24) is 15.1 Å². The fourth-order valence-corrected chi connectivity index (χ4v) is 7.93. The van der Waals surface area contributed by atoms with Crippen LogP contribution in [0.25, 0.3) is 0 Å². The van der Waals surface area contributed by atoms with Crippen LogP contribution in [-0.4, -0.2) is 93.5 Å². The first-order valence-corrected chi connectivity index (χ1v) is 16.8. The number of benzene rings is 1. The maximum Gasteiger partial charge on any atom is 0.313 e. The Morgan fingerprint density at radius 1 is 1.20 bits per heavy atom. The summed E-state index contributed by atoms with van der Waals surface area (Å²) in [6, 6.07) is 8.09. The molecule has 1 spiro atoms. The molecule has 3 aliphatic heterocycles. The van der Waals surface area contributed by atoms with Crippen LogP contribution in [-0.2, 0) is 28.7 Å². The molecule has 3 amide bonds. The average molecular weight is 689 g/mol. The Bertz CT molecular complexity index is 1240. The molecule has 2 bridgehead atoms. The molecule has 2 N–H and O–H groups in total. The molecule has 0 saturated carbocycles. The summed E-state index contributed by atoms with van der Waals surface area (Å²) in [7, 11) is 0. The lowest BCUT2D eigenvalue weighted by Crippen LogP contribution is -2.58. The van der Waals surface area contributed by atoms with Crippen molar-refractivity contribution in [2.24, 2.45) is 11.8 Å². The topological polar surface area (TPSA) is 125 Å². The lowest BCUT2D eigenvalue weighted by atomic mass is 9.70. The van der Waals surface area contributed by atoms with Gasteiger partial charge in [-0.2, -0.15) is 0 Å². The third-order valence-electron chi connectivity index (χ3n) is 9.07. The summed E-state index contributed by atoms with van der Waals surface area (Å²) in [6.45, 7) is 12.0. The number of esters is 1. The van der Waals surface area contributed by atoms with Gasteiger partial charge in [0, 0.05) is 37.0 Å². The number of carbonyl (C=O) groups is 4. The lowest BCUT2D eigenvalue weighted by Gasteiger charge is -2.38. The number of rotatable bonds is 17. The second-order valence-electron chi connectivity index (χ2n) is 12.3. The SMILES string of the molecule is C=CCCC(=O)NC[C@H](OC(=O)[C@@H]1[C@H]2O[C@@]3(CC2Br)[C@H](C(=O)N(CC=C)C(C)C)N(CCCCCO)C(=O)[C@@H]13)c1ccccc1. The Hall–Kier alpha value is -3.02. The summed E-state index contributed by atoms with van der Waals surface area (Å²) in [5.41, 5.74) is -0.499. The lowest BCUT2D eigenvalue weighted by molar-refractivity contribution is -0.160. The molecule has 3 fully saturated rings. The number of likely N-dealkylation sites (tertiary alicyclic amines) is 1. The van der Waals surface area contributed by atoms with Crippen LogP contribution in [0.15, 0.2) is 55.6 Å². The molecule has 3 saturated heterocycles. The van der Waals surface area contributed by atoms with Crippen molar-refractivity contribution in [3.8, 4) is 0 Å². The quantitative estimate of drug-likeness (QED) is 0.111. The zero-order valence-corrected chi connectivity index (χ0v) is 27.8. The maximum atomic E-state index is 14.3.